The van der Waals surface area contributed by atoms with Crippen LogP contribution >= 0.6 is 0 Å². The van der Waals surface area contributed by atoms with Crippen LogP contribution in [0.5, 0.6) is 5.75 Å². The summed E-state index contributed by atoms with van der Waals surface area (Å²) in [5.41, 5.74) is 2.05. The molecular weight excluding hydrogens is 232 g/mol. The zero-order valence-electron chi connectivity index (χ0n) is 11.0. The van der Waals surface area contributed by atoms with Crippen LogP contribution in [-0.2, 0) is 6.54 Å². The number of benzene rings is 1. The molecule has 0 aliphatic rings. The minimum Gasteiger partial charge on any atom is -0.497 e. The lowest BCUT2D eigenvalue weighted by molar-refractivity contribution is 0.220. The fourth-order valence-corrected chi connectivity index (χ4v) is 1.55. The lowest BCUT2D eigenvalue weighted by Gasteiger charge is -2.12. The van der Waals surface area contributed by atoms with Gasteiger partial charge in [0, 0.05) is 6.54 Å². The second-order valence-electron chi connectivity index (χ2n) is 4.27. The van der Waals surface area contributed by atoms with E-state index in [9.17, 15) is 4.79 Å². The molecule has 18 heavy (non-hydrogen) atoms. The van der Waals surface area contributed by atoms with Gasteiger partial charge in [-0.15, -0.1) is 0 Å². The van der Waals surface area contributed by atoms with E-state index in [1.807, 2.05) is 25.1 Å². The van der Waals surface area contributed by atoms with Crippen LogP contribution in [0.3, 0.4) is 0 Å². The third-order valence-corrected chi connectivity index (χ3v) is 2.45. The van der Waals surface area contributed by atoms with E-state index >= 15 is 0 Å². The number of urea groups is 1. The van der Waals surface area contributed by atoms with Gasteiger partial charge in [-0.1, -0.05) is 6.07 Å². The fraction of sp³-hybridized carbons (Fsp3) is 0.462. The lowest BCUT2D eigenvalue weighted by Crippen LogP contribution is -2.41. The minimum absolute atomic E-state index is 0.0777. The van der Waals surface area contributed by atoms with Crippen molar-refractivity contribution < 1.29 is 14.6 Å². The van der Waals surface area contributed by atoms with Crippen LogP contribution < -0.4 is 15.4 Å². The molecular formula is C13H20N2O3. The van der Waals surface area contributed by atoms with Crippen molar-refractivity contribution in [1.29, 1.82) is 0 Å². The van der Waals surface area contributed by atoms with Crippen LogP contribution in [0.1, 0.15) is 18.1 Å². The first kappa shape index (κ1) is 14.3. The number of methoxy groups -OCH3 is 1. The molecule has 3 N–H and O–H groups in total. The predicted molar refractivity (Wildman–Crippen MR) is 69.7 cm³/mol. The first-order chi connectivity index (χ1) is 8.55. The number of hydrogen-bond donors (Lipinski definition) is 3. The Morgan fingerprint density at radius 2 is 2.17 bits per heavy atom. The highest BCUT2D eigenvalue weighted by atomic mass is 16.5. The molecule has 0 aromatic heterocycles. The number of nitrogens with one attached hydrogen (secondary N) is 2. The van der Waals surface area contributed by atoms with Crippen molar-refractivity contribution in [3.8, 4) is 5.75 Å². The molecule has 2 amide bonds. The van der Waals surface area contributed by atoms with Crippen LogP contribution in [-0.4, -0.2) is 30.9 Å². The molecule has 0 aliphatic heterocycles. The molecule has 0 saturated heterocycles. The SMILES string of the molecule is COc1cc(C)cc(CNC(=O)N[C@@H](C)CO)c1. The van der Waals surface area contributed by atoms with Crippen molar-refractivity contribution in [1.82, 2.24) is 10.6 Å². The molecule has 5 heteroatoms. The third-order valence-electron chi connectivity index (χ3n) is 2.45. The Bertz CT molecular complexity index is 407. The van der Waals surface area contributed by atoms with E-state index in [0.29, 0.717) is 6.54 Å². The normalized spacial score (nSPS) is 11.8. The van der Waals surface area contributed by atoms with Gasteiger partial charge in [-0.05, 0) is 37.1 Å². The molecule has 1 aromatic carbocycles. The van der Waals surface area contributed by atoms with Crippen molar-refractivity contribution in [3.05, 3.63) is 29.3 Å². The first-order valence-corrected chi connectivity index (χ1v) is 5.85. The van der Waals surface area contributed by atoms with Gasteiger partial charge in [0.15, 0.2) is 0 Å². The molecule has 0 aliphatic carbocycles. The Kier molecular flexibility index (Phi) is 5.45. The third kappa shape index (κ3) is 4.63. The monoisotopic (exact) mass is 252 g/mol. The van der Waals surface area contributed by atoms with E-state index in [-0.39, 0.29) is 18.7 Å². The van der Waals surface area contributed by atoms with Crippen LogP contribution in [0.2, 0.25) is 0 Å². The average molecular weight is 252 g/mol. The van der Waals surface area contributed by atoms with E-state index in [4.69, 9.17) is 9.84 Å². The summed E-state index contributed by atoms with van der Waals surface area (Å²) in [6.07, 6.45) is 0. The number of aryl methyl sites for hydroxylation is 1. The quantitative estimate of drug-likeness (QED) is 0.737. The Labute approximate surface area is 107 Å². The number of ether oxygens (including phenoxy) is 1. The van der Waals surface area contributed by atoms with Crippen LogP contribution in [0.4, 0.5) is 4.79 Å². The van der Waals surface area contributed by atoms with Crippen molar-refractivity contribution in [3.63, 3.8) is 0 Å². The largest absolute Gasteiger partial charge is 0.497 e. The van der Waals surface area contributed by atoms with E-state index in [1.54, 1.807) is 14.0 Å². The van der Waals surface area contributed by atoms with Gasteiger partial charge in [0.25, 0.3) is 0 Å². The summed E-state index contributed by atoms with van der Waals surface area (Å²) in [6, 6.07) is 5.24. The zero-order valence-corrected chi connectivity index (χ0v) is 11.0. The molecule has 0 bridgehead atoms. The molecule has 1 atom stereocenters. The number of aliphatic hydroxyl groups excluding tert-OH is 1. The summed E-state index contributed by atoms with van der Waals surface area (Å²) in [5, 5.41) is 14.2. The second-order valence-corrected chi connectivity index (χ2v) is 4.27. The van der Waals surface area contributed by atoms with Crippen LogP contribution in [0, 0.1) is 6.92 Å². The summed E-state index contributed by atoms with van der Waals surface area (Å²) < 4.78 is 5.16. The number of carbonyl (C=O) groups is 1. The molecule has 100 valence electrons. The van der Waals surface area contributed by atoms with E-state index in [1.165, 1.54) is 0 Å². The number of carbonyl (C=O) groups excluding carboxylic acids is 1. The fourth-order valence-electron chi connectivity index (χ4n) is 1.55. The summed E-state index contributed by atoms with van der Waals surface area (Å²) >= 11 is 0. The van der Waals surface area contributed by atoms with Crippen molar-refractivity contribution in [2.24, 2.45) is 0 Å². The summed E-state index contributed by atoms with van der Waals surface area (Å²) in [6.45, 7) is 4.04. The van der Waals surface area contributed by atoms with Gasteiger partial charge in [-0.2, -0.15) is 0 Å². The maximum absolute atomic E-state index is 11.5. The topological polar surface area (TPSA) is 70.6 Å². The number of aliphatic hydroxyl groups is 1. The molecule has 0 unspecified atom stereocenters. The standard InChI is InChI=1S/C13H20N2O3/c1-9-4-11(6-12(5-9)18-3)7-14-13(17)15-10(2)8-16/h4-6,10,16H,7-8H2,1-3H3,(H2,14,15,17)/t10-/m0/s1. The van der Waals surface area contributed by atoms with Crippen LogP contribution in [0.15, 0.2) is 18.2 Å². The summed E-state index contributed by atoms with van der Waals surface area (Å²) in [4.78, 5) is 11.5. The smallest absolute Gasteiger partial charge is 0.315 e. The lowest BCUT2D eigenvalue weighted by atomic mass is 10.1. The highest BCUT2D eigenvalue weighted by molar-refractivity contribution is 5.74. The predicted octanol–water partition coefficient (Wildman–Crippen LogP) is 1.18. The second kappa shape index (κ2) is 6.86. The average Bonchev–Trinajstić information content (AvgIpc) is 2.35. The molecule has 0 saturated carbocycles. The van der Waals surface area contributed by atoms with Gasteiger partial charge < -0.3 is 20.5 Å². The van der Waals surface area contributed by atoms with E-state index in [0.717, 1.165) is 16.9 Å². The molecule has 0 fully saturated rings. The maximum Gasteiger partial charge on any atom is 0.315 e. The minimum atomic E-state index is -0.294. The van der Waals surface area contributed by atoms with Gasteiger partial charge in [-0.3, -0.25) is 0 Å². The van der Waals surface area contributed by atoms with Crippen LogP contribution in [0.25, 0.3) is 0 Å². The molecule has 0 radical (unpaired) electrons. The van der Waals surface area contributed by atoms with Gasteiger partial charge in [0.05, 0.1) is 19.8 Å². The van der Waals surface area contributed by atoms with E-state index in [2.05, 4.69) is 10.6 Å². The number of hydrogen-bond acceptors (Lipinski definition) is 3. The zero-order chi connectivity index (χ0) is 13.5. The number of rotatable bonds is 5. The Morgan fingerprint density at radius 1 is 1.44 bits per heavy atom. The molecule has 1 aromatic rings. The first-order valence-electron chi connectivity index (χ1n) is 5.85. The summed E-state index contributed by atoms with van der Waals surface area (Å²) in [5.74, 6) is 0.774. The van der Waals surface area contributed by atoms with Gasteiger partial charge in [0.1, 0.15) is 5.75 Å². The van der Waals surface area contributed by atoms with Gasteiger partial charge in [0.2, 0.25) is 0 Å². The summed E-state index contributed by atoms with van der Waals surface area (Å²) in [7, 11) is 1.61. The van der Waals surface area contributed by atoms with Crippen molar-refractivity contribution in [2.45, 2.75) is 26.4 Å². The molecule has 0 spiro atoms. The molecule has 0 heterocycles. The van der Waals surface area contributed by atoms with Crippen molar-refractivity contribution in [2.75, 3.05) is 13.7 Å². The molecule has 1 rings (SSSR count). The van der Waals surface area contributed by atoms with Gasteiger partial charge in [-0.25, -0.2) is 4.79 Å². The Balaban J connectivity index is 2.52. The Morgan fingerprint density at radius 3 is 2.78 bits per heavy atom. The van der Waals surface area contributed by atoms with Crippen molar-refractivity contribution >= 4 is 6.03 Å². The van der Waals surface area contributed by atoms with E-state index < -0.39 is 0 Å². The maximum atomic E-state index is 11.5. The molecule has 5 nitrogen and oxygen atoms in total. The Hall–Kier alpha value is -1.75. The highest BCUT2D eigenvalue weighted by Gasteiger charge is 2.05. The highest BCUT2D eigenvalue weighted by Crippen LogP contribution is 2.16. The number of amides is 2. The van der Waals surface area contributed by atoms with Gasteiger partial charge >= 0.3 is 6.03 Å².